The summed E-state index contributed by atoms with van der Waals surface area (Å²) in [6.45, 7) is 2.72. The van der Waals surface area contributed by atoms with E-state index in [1.165, 1.54) is 0 Å². The molecule has 9 nitrogen and oxygen atoms in total. The van der Waals surface area contributed by atoms with Gasteiger partial charge in [0.15, 0.2) is 16.9 Å². The molecule has 0 spiro atoms. The van der Waals surface area contributed by atoms with Gasteiger partial charge in [0.2, 0.25) is 5.89 Å². The first kappa shape index (κ1) is 22.0. The molecule has 0 atom stereocenters. The van der Waals surface area contributed by atoms with Crippen molar-refractivity contribution in [2.24, 2.45) is 0 Å². The van der Waals surface area contributed by atoms with E-state index in [2.05, 4.69) is 9.97 Å². The minimum Gasteiger partial charge on any atom is -0.467 e. The van der Waals surface area contributed by atoms with Gasteiger partial charge in [-0.3, -0.25) is 9.36 Å². The average molecular weight is 480 g/mol. The van der Waals surface area contributed by atoms with Crippen molar-refractivity contribution in [2.75, 3.05) is 0 Å². The van der Waals surface area contributed by atoms with Crippen molar-refractivity contribution in [1.82, 2.24) is 23.7 Å². The standard InChI is InChI=1S/C24H22ClN5O4/c1-2-3-10-29-22-21(28(15-27-22)13-18-5-4-11-33-18)23(31)30(24(29)32)14-20-26-12-19(34-20)16-6-8-17(25)9-7-16/h4-9,11-12,15H,2-3,10,13-14H2,1H3. The summed E-state index contributed by atoms with van der Waals surface area (Å²) in [5, 5.41) is 0.613. The Hall–Kier alpha value is -3.85. The van der Waals surface area contributed by atoms with Crippen LogP contribution in [0.3, 0.4) is 0 Å². The van der Waals surface area contributed by atoms with E-state index in [-0.39, 0.29) is 12.4 Å². The molecule has 5 aromatic rings. The number of nitrogens with zero attached hydrogens (tertiary/aromatic N) is 5. The summed E-state index contributed by atoms with van der Waals surface area (Å²) in [7, 11) is 0. The molecule has 5 rings (SSSR count). The van der Waals surface area contributed by atoms with E-state index in [1.807, 2.05) is 25.1 Å². The molecule has 0 aliphatic rings. The molecule has 0 unspecified atom stereocenters. The second-order valence-corrected chi connectivity index (χ2v) is 8.36. The Morgan fingerprint density at radius 1 is 1.03 bits per heavy atom. The van der Waals surface area contributed by atoms with Gasteiger partial charge in [-0.1, -0.05) is 24.9 Å². The third-order valence-corrected chi connectivity index (χ3v) is 5.85. The van der Waals surface area contributed by atoms with Gasteiger partial charge in [0.1, 0.15) is 12.3 Å². The van der Waals surface area contributed by atoms with E-state index in [9.17, 15) is 9.59 Å². The van der Waals surface area contributed by atoms with Crippen molar-refractivity contribution < 1.29 is 8.83 Å². The summed E-state index contributed by atoms with van der Waals surface area (Å²) < 4.78 is 15.7. The summed E-state index contributed by atoms with van der Waals surface area (Å²) >= 11 is 5.96. The maximum absolute atomic E-state index is 13.5. The van der Waals surface area contributed by atoms with E-state index in [0.717, 1.165) is 23.0 Å². The van der Waals surface area contributed by atoms with Crippen LogP contribution in [0.1, 0.15) is 31.4 Å². The number of halogens is 1. The topological polar surface area (TPSA) is 101 Å². The smallest absolute Gasteiger partial charge is 0.333 e. The number of rotatable bonds is 8. The minimum absolute atomic E-state index is 0.0980. The minimum atomic E-state index is -0.456. The van der Waals surface area contributed by atoms with Gasteiger partial charge in [-0.25, -0.2) is 19.3 Å². The van der Waals surface area contributed by atoms with E-state index >= 15 is 0 Å². The highest BCUT2D eigenvalue weighted by atomic mass is 35.5. The number of oxazole rings is 1. The van der Waals surface area contributed by atoms with Crippen LogP contribution >= 0.6 is 11.6 Å². The molecule has 34 heavy (non-hydrogen) atoms. The lowest BCUT2D eigenvalue weighted by Crippen LogP contribution is -2.41. The quantitative estimate of drug-likeness (QED) is 0.331. The molecule has 0 amide bonds. The van der Waals surface area contributed by atoms with Gasteiger partial charge in [0.25, 0.3) is 5.56 Å². The Kier molecular flexibility index (Phi) is 5.93. The Morgan fingerprint density at radius 2 is 1.85 bits per heavy atom. The second kappa shape index (κ2) is 9.18. The van der Waals surface area contributed by atoms with Gasteiger partial charge < -0.3 is 13.4 Å². The van der Waals surface area contributed by atoms with E-state index in [4.69, 9.17) is 20.4 Å². The fourth-order valence-corrected chi connectivity index (χ4v) is 3.98. The molecule has 0 radical (unpaired) electrons. The van der Waals surface area contributed by atoms with Crippen molar-refractivity contribution in [3.8, 4) is 11.3 Å². The number of benzene rings is 1. The van der Waals surface area contributed by atoms with Crippen LogP contribution in [0.15, 0.2) is 73.6 Å². The molecular weight excluding hydrogens is 458 g/mol. The molecule has 0 saturated heterocycles. The highest BCUT2D eigenvalue weighted by Crippen LogP contribution is 2.22. The van der Waals surface area contributed by atoms with Crippen LogP contribution in [0.25, 0.3) is 22.5 Å². The Balaban J connectivity index is 1.58. The number of aromatic nitrogens is 5. The third kappa shape index (κ3) is 4.10. The fourth-order valence-electron chi connectivity index (χ4n) is 3.85. The summed E-state index contributed by atoms with van der Waals surface area (Å²) in [6.07, 6.45) is 6.37. The summed E-state index contributed by atoms with van der Waals surface area (Å²) in [6, 6.07) is 10.7. The molecule has 1 aromatic carbocycles. The molecule has 10 heteroatoms. The highest BCUT2D eigenvalue weighted by molar-refractivity contribution is 6.30. The summed E-state index contributed by atoms with van der Waals surface area (Å²) in [5.74, 6) is 1.45. The van der Waals surface area contributed by atoms with Gasteiger partial charge in [0, 0.05) is 17.1 Å². The number of furan rings is 1. The number of unbranched alkanes of at least 4 members (excludes halogenated alkanes) is 1. The molecule has 4 aromatic heterocycles. The maximum atomic E-state index is 13.5. The zero-order valence-electron chi connectivity index (χ0n) is 18.5. The van der Waals surface area contributed by atoms with Crippen LogP contribution in [0.4, 0.5) is 0 Å². The molecule has 0 saturated carbocycles. The van der Waals surface area contributed by atoms with Crippen LogP contribution in [0.2, 0.25) is 5.02 Å². The van der Waals surface area contributed by atoms with Crippen LogP contribution in [-0.2, 0) is 19.6 Å². The monoisotopic (exact) mass is 479 g/mol. The van der Waals surface area contributed by atoms with Crippen molar-refractivity contribution in [3.05, 3.63) is 92.7 Å². The van der Waals surface area contributed by atoms with Crippen molar-refractivity contribution in [1.29, 1.82) is 0 Å². The molecule has 0 aliphatic carbocycles. The Bertz CT molecular complexity index is 1540. The Morgan fingerprint density at radius 3 is 2.59 bits per heavy atom. The van der Waals surface area contributed by atoms with Crippen molar-refractivity contribution in [3.63, 3.8) is 0 Å². The number of imidazole rings is 1. The first-order valence-electron chi connectivity index (χ1n) is 11.0. The van der Waals surface area contributed by atoms with E-state index in [1.54, 1.807) is 46.1 Å². The molecule has 0 fully saturated rings. The molecule has 0 aliphatic heterocycles. The first-order valence-corrected chi connectivity index (χ1v) is 11.3. The first-order chi connectivity index (χ1) is 16.5. The zero-order valence-corrected chi connectivity index (χ0v) is 19.2. The van der Waals surface area contributed by atoms with E-state index < -0.39 is 11.2 Å². The fraction of sp³-hybridized carbons (Fsp3) is 0.250. The predicted octanol–water partition coefficient (Wildman–Crippen LogP) is 4.16. The lowest BCUT2D eigenvalue weighted by atomic mass is 10.2. The van der Waals surface area contributed by atoms with Crippen LogP contribution < -0.4 is 11.2 Å². The van der Waals surface area contributed by atoms with Gasteiger partial charge >= 0.3 is 5.69 Å². The van der Waals surface area contributed by atoms with Crippen molar-refractivity contribution >= 4 is 22.8 Å². The average Bonchev–Trinajstić information content (AvgIpc) is 3.59. The maximum Gasteiger partial charge on any atom is 0.333 e. The lowest BCUT2D eigenvalue weighted by molar-refractivity contribution is 0.468. The largest absolute Gasteiger partial charge is 0.467 e. The predicted molar refractivity (Wildman–Crippen MR) is 127 cm³/mol. The second-order valence-electron chi connectivity index (χ2n) is 7.93. The zero-order chi connectivity index (χ0) is 23.7. The van der Waals surface area contributed by atoms with Gasteiger partial charge in [-0.2, -0.15) is 0 Å². The van der Waals surface area contributed by atoms with E-state index in [0.29, 0.717) is 40.8 Å². The molecular formula is C24H22ClN5O4. The molecule has 0 N–H and O–H groups in total. The van der Waals surface area contributed by atoms with Gasteiger partial charge in [-0.15, -0.1) is 0 Å². The number of hydrogen-bond donors (Lipinski definition) is 0. The molecule has 0 bridgehead atoms. The van der Waals surface area contributed by atoms with Crippen LogP contribution in [-0.4, -0.2) is 23.7 Å². The SMILES string of the molecule is CCCCn1c(=O)n(Cc2ncc(-c3ccc(Cl)cc3)o2)c(=O)c2c1ncn2Cc1ccco1. The molecule has 174 valence electrons. The third-order valence-electron chi connectivity index (χ3n) is 5.60. The number of fused-ring (bicyclic) bond motifs is 1. The number of aryl methyl sites for hydroxylation is 1. The van der Waals surface area contributed by atoms with Crippen LogP contribution in [0.5, 0.6) is 0 Å². The highest BCUT2D eigenvalue weighted by Gasteiger charge is 2.20. The Labute approximate surface area is 198 Å². The normalized spacial score (nSPS) is 11.5. The molecule has 4 heterocycles. The number of hydrogen-bond acceptors (Lipinski definition) is 6. The van der Waals surface area contributed by atoms with Gasteiger partial charge in [0.05, 0.1) is 25.3 Å². The summed E-state index contributed by atoms with van der Waals surface area (Å²) in [4.78, 5) is 35.5. The van der Waals surface area contributed by atoms with Crippen molar-refractivity contribution in [2.45, 2.75) is 39.4 Å². The van der Waals surface area contributed by atoms with Gasteiger partial charge in [-0.05, 0) is 42.8 Å². The summed E-state index contributed by atoms with van der Waals surface area (Å²) in [5.41, 5.74) is 0.586. The lowest BCUT2D eigenvalue weighted by Gasteiger charge is -2.11. The van der Waals surface area contributed by atoms with Crippen LogP contribution in [0, 0.1) is 0 Å².